The van der Waals surface area contributed by atoms with E-state index in [0.29, 0.717) is 17.9 Å². The summed E-state index contributed by atoms with van der Waals surface area (Å²) in [4.78, 5) is 25.7. The molecule has 1 aromatic carbocycles. The molecule has 0 atom stereocenters. The maximum absolute atomic E-state index is 13.9. The van der Waals surface area contributed by atoms with Crippen molar-refractivity contribution in [3.8, 4) is 11.4 Å². The molecule has 144 valence electrons. The maximum Gasteiger partial charge on any atom is 0.251 e. The number of nitrogens with zero attached hydrogens (tertiary/aromatic N) is 3. The van der Waals surface area contributed by atoms with Gasteiger partial charge in [0.15, 0.2) is 11.6 Å². The average Bonchev–Trinajstić information content (AvgIpc) is 2.72. The predicted octanol–water partition coefficient (Wildman–Crippen LogP) is 3.49. The molecule has 0 spiro atoms. The smallest absolute Gasteiger partial charge is 0.251 e. The van der Waals surface area contributed by atoms with E-state index in [1.54, 1.807) is 30.6 Å². The number of aromatic nitrogens is 3. The number of piperidine rings is 1. The molecule has 0 aliphatic carbocycles. The molecule has 3 heterocycles. The minimum atomic E-state index is -0.817. The van der Waals surface area contributed by atoms with Gasteiger partial charge < -0.3 is 4.98 Å². The van der Waals surface area contributed by atoms with Gasteiger partial charge in [-0.15, -0.1) is 0 Å². The first-order chi connectivity index (χ1) is 13.6. The van der Waals surface area contributed by atoms with Crippen molar-refractivity contribution in [2.24, 2.45) is 0 Å². The van der Waals surface area contributed by atoms with E-state index in [9.17, 15) is 13.6 Å². The minimum absolute atomic E-state index is 0.159. The number of aromatic amines is 1. The van der Waals surface area contributed by atoms with Crippen LogP contribution < -0.4 is 5.56 Å². The van der Waals surface area contributed by atoms with Gasteiger partial charge >= 0.3 is 0 Å². The molecule has 1 fully saturated rings. The van der Waals surface area contributed by atoms with E-state index < -0.39 is 11.6 Å². The fourth-order valence-electron chi connectivity index (χ4n) is 3.62. The molecule has 4 rings (SSSR count). The number of hydrogen-bond donors (Lipinski definition) is 1. The van der Waals surface area contributed by atoms with Crippen LogP contribution in [0.15, 0.2) is 53.6 Å². The van der Waals surface area contributed by atoms with Crippen molar-refractivity contribution in [2.75, 3.05) is 13.1 Å². The average molecular weight is 382 g/mol. The largest absolute Gasteiger partial charge is 0.306 e. The van der Waals surface area contributed by atoms with Crippen LogP contribution in [-0.2, 0) is 6.54 Å². The number of rotatable bonds is 4. The summed E-state index contributed by atoms with van der Waals surface area (Å²) >= 11 is 0. The number of halogens is 2. The highest BCUT2D eigenvalue weighted by molar-refractivity contribution is 5.52. The Balaban J connectivity index is 1.46. The van der Waals surface area contributed by atoms with E-state index in [1.165, 1.54) is 6.07 Å². The van der Waals surface area contributed by atoms with Gasteiger partial charge in [-0.2, -0.15) is 0 Å². The second-order valence-corrected chi connectivity index (χ2v) is 7.02. The number of benzene rings is 1. The van der Waals surface area contributed by atoms with Gasteiger partial charge in [0.1, 0.15) is 5.82 Å². The van der Waals surface area contributed by atoms with E-state index >= 15 is 0 Å². The quantitative estimate of drug-likeness (QED) is 0.750. The summed E-state index contributed by atoms with van der Waals surface area (Å²) in [5.41, 5.74) is 1.71. The lowest BCUT2D eigenvalue weighted by Gasteiger charge is -2.31. The topological polar surface area (TPSA) is 61.9 Å². The van der Waals surface area contributed by atoms with Crippen LogP contribution in [0.3, 0.4) is 0 Å². The Labute approximate surface area is 161 Å². The molecule has 1 saturated heterocycles. The van der Waals surface area contributed by atoms with Crippen LogP contribution in [0.2, 0.25) is 0 Å². The van der Waals surface area contributed by atoms with Crippen molar-refractivity contribution in [2.45, 2.75) is 25.3 Å². The van der Waals surface area contributed by atoms with E-state index in [1.807, 2.05) is 6.07 Å². The molecule has 2 aromatic heterocycles. The molecule has 28 heavy (non-hydrogen) atoms. The summed E-state index contributed by atoms with van der Waals surface area (Å²) in [7, 11) is 0. The molecular formula is C21H20F2N4O. The highest BCUT2D eigenvalue weighted by Gasteiger charge is 2.23. The molecule has 1 aliphatic heterocycles. The molecular weight excluding hydrogens is 362 g/mol. The zero-order valence-electron chi connectivity index (χ0n) is 15.2. The van der Waals surface area contributed by atoms with Gasteiger partial charge in [0, 0.05) is 42.0 Å². The number of pyridine rings is 1. The third-order valence-corrected chi connectivity index (χ3v) is 5.13. The highest BCUT2D eigenvalue weighted by atomic mass is 19.2. The molecule has 0 bridgehead atoms. The van der Waals surface area contributed by atoms with Crippen LogP contribution in [0.25, 0.3) is 11.4 Å². The fraction of sp³-hybridized carbons (Fsp3) is 0.286. The van der Waals surface area contributed by atoms with Gasteiger partial charge in [-0.05, 0) is 44.1 Å². The van der Waals surface area contributed by atoms with Crippen LogP contribution in [0.4, 0.5) is 8.78 Å². The van der Waals surface area contributed by atoms with Crippen LogP contribution in [-0.4, -0.2) is 32.9 Å². The lowest BCUT2D eigenvalue weighted by Crippen LogP contribution is -2.33. The summed E-state index contributed by atoms with van der Waals surface area (Å²) in [6.07, 6.45) is 4.94. The van der Waals surface area contributed by atoms with Gasteiger partial charge in [-0.1, -0.05) is 12.1 Å². The molecule has 0 unspecified atom stereocenters. The van der Waals surface area contributed by atoms with Crippen molar-refractivity contribution in [1.82, 2.24) is 19.9 Å². The second kappa shape index (κ2) is 7.98. The Kier molecular flexibility index (Phi) is 5.25. The molecule has 0 amide bonds. The van der Waals surface area contributed by atoms with E-state index in [2.05, 4.69) is 19.9 Å². The summed E-state index contributed by atoms with van der Waals surface area (Å²) in [5, 5.41) is 0. The van der Waals surface area contributed by atoms with E-state index in [-0.39, 0.29) is 11.5 Å². The van der Waals surface area contributed by atoms with E-state index in [0.717, 1.165) is 43.3 Å². The van der Waals surface area contributed by atoms with Crippen LogP contribution in [0, 0.1) is 11.6 Å². The van der Waals surface area contributed by atoms with Crippen molar-refractivity contribution < 1.29 is 8.78 Å². The molecule has 1 N–H and O–H groups in total. The SMILES string of the molecule is O=c1cc(C2CCN(Cc3cccc(F)c3F)CC2)nc(-c2cccnc2)[nH]1. The zero-order chi connectivity index (χ0) is 19.5. The first-order valence-corrected chi connectivity index (χ1v) is 9.27. The van der Waals surface area contributed by atoms with Crippen LogP contribution in [0.5, 0.6) is 0 Å². The monoisotopic (exact) mass is 382 g/mol. The summed E-state index contributed by atoms with van der Waals surface area (Å²) < 4.78 is 27.3. The van der Waals surface area contributed by atoms with Crippen molar-refractivity contribution >= 4 is 0 Å². The Bertz CT molecular complexity index is 1010. The van der Waals surface area contributed by atoms with Crippen LogP contribution >= 0.6 is 0 Å². The zero-order valence-corrected chi connectivity index (χ0v) is 15.2. The van der Waals surface area contributed by atoms with Gasteiger partial charge in [0.2, 0.25) is 0 Å². The minimum Gasteiger partial charge on any atom is -0.306 e. The Hall–Kier alpha value is -2.93. The first kappa shape index (κ1) is 18.4. The Morgan fingerprint density at radius 2 is 1.96 bits per heavy atom. The van der Waals surface area contributed by atoms with Crippen LogP contribution in [0.1, 0.15) is 30.0 Å². The Morgan fingerprint density at radius 1 is 1.14 bits per heavy atom. The molecule has 0 radical (unpaired) electrons. The van der Waals surface area contributed by atoms with Gasteiger partial charge in [-0.25, -0.2) is 13.8 Å². The highest BCUT2D eigenvalue weighted by Crippen LogP contribution is 2.28. The standard InChI is InChI=1S/C21H20F2N4O/c22-17-5-1-3-16(20(17)23)13-27-9-6-14(7-10-27)18-11-19(28)26-21(25-18)15-4-2-8-24-12-15/h1-5,8,11-12,14H,6-7,9-10,13H2,(H,25,26,28). The Morgan fingerprint density at radius 3 is 2.71 bits per heavy atom. The predicted molar refractivity (Wildman–Crippen MR) is 102 cm³/mol. The summed E-state index contributed by atoms with van der Waals surface area (Å²) in [5.74, 6) is -0.920. The molecule has 7 heteroatoms. The lowest BCUT2D eigenvalue weighted by molar-refractivity contribution is 0.200. The third-order valence-electron chi connectivity index (χ3n) is 5.13. The normalized spacial score (nSPS) is 15.6. The van der Waals surface area contributed by atoms with Gasteiger partial charge in [0.05, 0.1) is 5.69 Å². The third kappa shape index (κ3) is 3.99. The molecule has 1 aliphatic rings. The van der Waals surface area contributed by atoms with Crippen molar-refractivity contribution in [3.05, 3.63) is 82.0 Å². The number of hydrogen-bond acceptors (Lipinski definition) is 4. The fourth-order valence-corrected chi connectivity index (χ4v) is 3.62. The maximum atomic E-state index is 13.9. The van der Waals surface area contributed by atoms with Crippen molar-refractivity contribution in [1.29, 1.82) is 0 Å². The van der Waals surface area contributed by atoms with E-state index in [4.69, 9.17) is 0 Å². The molecule has 0 saturated carbocycles. The van der Waals surface area contributed by atoms with Crippen molar-refractivity contribution in [3.63, 3.8) is 0 Å². The molecule has 3 aromatic rings. The summed E-state index contributed by atoms with van der Waals surface area (Å²) in [6, 6.07) is 9.47. The number of likely N-dealkylation sites (tertiary alicyclic amines) is 1. The van der Waals surface area contributed by atoms with Gasteiger partial charge in [0.25, 0.3) is 5.56 Å². The lowest BCUT2D eigenvalue weighted by atomic mass is 9.93. The number of nitrogens with one attached hydrogen (secondary N) is 1. The number of H-pyrrole nitrogens is 1. The summed E-state index contributed by atoms with van der Waals surface area (Å²) in [6.45, 7) is 1.84. The second-order valence-electron chi connectivity index (χ2n) is 7.02. The molecule has 5 nitrogen and oxygen atoms in total. The van der Waals surface area contributed by atoms with Gasteiger partial charge in [-0.3, -0.25) is 14.7 Å². The first-order valence-electron chi connectivity index (χ1n) is 9.27.